The highest BCUT2D eigenvalue weighted by Crippen LogP contribution is 2.34. The molecule has 1 aliphatic heterocycles. The minimum absolute atomic E-state index is 0.377. The van der Waals surface area contributed by atoms with Crippen molar-refractivity contribution in [3.05, 3.63) is 71.1 Å². The first kappa shape index (κ1) is 23.7. The second-order valence-corrected chi connectivity index (χ2v) is 8.49. The van der Waals surface area contributed by atoms with Crippen LogP contribution in [0.2, 0.25) is 5.15 Å². The SMILES string of the molecule is Cc1cc(-c2ccnc(-c3ccnc(Cl)c3)c2)ccc1[C@@H](O)[C@H]1OC(CO)[C@@H](O)C(O)C1O. The highest BCUT2D eigenvalue weighted by molar-refractivity contribution is 6.29. The number of pyridine rings is 2. The van der Waals surface area contributed by atoms with Gasteiger partial charge in [0.25, 0.3) is 0 Å². The van der Waals surface area contributed by atoms with E-state index in [1.807, 2.05) is 37.3 Å². The van der Waals surface area contributed by atoms with E-state index in [0.29, 0.717) is 10.7 Å². The van der Waals surface area contributed by atoms with E-state index in [1.54, 1.807) is 24.5 Å². The van der Waals surface area contributed by atoms with Crippen molar-refractivity contribution in [1.29, 1.82) is 0 Å². The first-order chi connectivity index (χ1) is 15.8. The summed E-state index contributed by atoms with van der Waals surface area (Å²) in [5, 5.41) is 51.0. The Morgan fingerprint density at radius 1 is 0.909 bits per heavy atom. The molecule has 1 aliphatic rings. The standard InChI is InChI=1S/C24H25ClN2O6/c1-12-8-13(14-4-6-26-17(9-14)15-5-7-27-19(25)10-15)2-3-16(12)20(29)24-23(32)22(31)21(30)18(11-28)33-24/h2-10,18,20-24,28-32H,11H2,1H3/t18?,20-,21-,22?,23?,24-/m1/s1. The monoisotopic (exact) mass is 472 g/mol. The minimum atomic E-state index is -1.55. The summed E-state index contributed by atoms with van der Waals surface area (Å²) in [6, 6.07) is 12.8. The average Bonchev–Trinajstić information content (AvgIpc) is 2.82. The van der Waals surface area contributed by atoms with Crippen LogP contribution >= 0.6 is 11.6 Å². The number of ether oxygens (including phenoxy) is 1. The lowest BCUT2D eigenvalue weighted by Gasteiger charge is -2.42. The van der Waals surface area contributed by atoms with Crippen molar-refractivity contribution in [2.45, 2.75) is 43.5 Å². The van der Waals surface area contributed by atoms with E-state index in [0.717, 1.165) is 27.9 Å². The zero-order valence-corrected chi connectivity index (χ0v) is 18.5. The molecule has 9 heteroatoms. The molecule has 0 aliphatic carbocycles. The number of hydrogen-bond acceptors (Lipinski definition) is 8. The first-order valence-electron chi connectivity index (χ1n) is 10.5. The van der Waals surface area contributed by atoms with E-state index in [9.17, 15) is 25.5 Å². The molecule has 8 nitrogen and oxygen atoms in total. The van der Waals surface area contributed by atoms with Crippen molar-refractivity contribution in [2.75, 3.05) is 6.61 Å². The molecule has 3 heterocycles. The van der Waals surface area contributed by atoms with Gasteiger partial charge in [0.2, 0.25) is 0 Å². The molecule has 0 bridgehead atoms. The molecule has 1 fully saturated rings. The third-order valence-electron chi connectivity index (χ3n) is 5.94. The molecule has 0 radical (unpaired) electrons. The van der Waals surface area contributed by atoms with Crippen molar-refractivity contribution in [3.8, 4) is 22.4 Å². The molecule has 2 aromatic heterocycles. The highest BCUT2D eigenvalue weighted by Gasteiger charge is 2.46. The molecule has 0 amide bonds. The largest absolute Gasteiger partial charge is 0.394 e. The number of halogens is 1. The Morgan fingerprint density at radius 3 is 2.30 bits per heavy atom. The molecular formula is C24H25ClN2O6. The number of aromatic nitrogens is 2. The van der Waals surface area contributed by atoms with Crippen molar-refractivity contribution in [2.24, 2.45) is 0 Å². The lowest BCUT2D eigenvalue weighted by Crippen LogP contribution is -2.59. The maximum atomic E-state index is 10.9. The van der Waals surface area contributed by atoms with Crippen LogP contribution in [-0.2, 0) is 4.74 Å². The summed E-state index contributed by atoms with van der Waals surface area (Å²) in [7, 11) is 0. The van der Waals surface area contributed by atoms with Gasteiger partial charge in [-0.15, -0.1) is 0 Å². The molecule has 1 aromatic carbocycles. The predicted molar refractivity (Wildman–Crippen MR) is 121 cm³/mol. The molecule has 6 atom stereocenters. The van der Waals surface area contributed by atoms with E-state index >= 15 is 0 Å². The molecule has 33 heavy (non-hydrogen) atoms. The zero-order chi connectivity index (χ0) is 23.7. The highest BCUT2D eigenvalue weighted by atomic mass is 35.5. The van der Waals surface area contributed by atoms with Gasteiger partial charge in [-0.3, -0.25) is 4.98 Å². The summed E-state index contributed by atoms with van der Waals surface area (Å²) < 4.78 is 5.51. The van der Waals surface area contributed by atoms with Gasteiger partial charge in [0, 0.05) is 18.0 Å². The van der Waals surface area contributed by atoms with Crippen LogP contribution in [0.4, 0.5) is 0 Å². The smallest absolute Gasteiger partial charge is 0.129 e. The molecule has 5 N–H and O–H groups in total. The summed E-state index contributed by atoms with van der Waals surface area (Å²) in [6.45, 7) is 1.26. The van der Waals surface area contributed by atoms with E-state index in [4.69, 9.17) is 16.3 Å². The van der Waals surface area contributed by atoms with Crippen molar-refractivity contribution >= 4 is 11.6 Å². The van der Waals surface area contributed by atoms with Crippen molar-refractivity contribution in [3.63, 3.8) is 0 Å². The van der Waals surface area contributed by atoms with Crippen LogP contribution in [0, 0.1) is 6.92 Å². The maximum Gasteiger partial charge on any atom is 0.129 e. The molecule has 1 saturated heterocycles. The predicted octanol–water partition coefficient (Wildman–Crippen LogP) is 1.65. The second kappa shape index (κ2) is 9.82. The Bertz CT molecular complexity index is 1130. The molecule has 0 spiro atoms. The van der Waals surface area contributed by atoms with E-state index in [2.05, 4.69) is 9.97 Å². The van der Waals surface area contributed by atoms with Crippen molar-refractivity contribution in [1.82, 2.24) is 9.97 Å². The Kier molecular flexibility index (Phi) is 7.06. The summed E-state index contributed by atoms with van der Waals surface area (Å²) in [6.07, 6.45) is -4.81. The summed E-state index contributed by atoms with van der Waals surface area (Å²) in [5.74, 6) is 0. The van der Waals surface area contributed by atoms with Gasteiger partial charge in [-0.2, -0.15) is 0 Å². The number of aryl methyl sites for hydroxylation is 1. The fraction of sp³-hybridized carbons (Fsp3) is 0.333. The average molecular weight is 473 g/mol. The third-order valence-corrected chi connectivity index (χ3v) is 6.15. The van der Waals surface area contributed by atoms with Gasteiger partial charge >= 0.3 is 0 Å². The van der Waals surface area contributed by atoms with Gasteiger partial charge < -0.3 is 30.3 Å². The van der Waals surface area contributed by atoms with Crippen LogP contribution in [-0.4, -0.2) is 72.6 Å². The fourth-order valence-corrected chi connectivity index (χ4v) is 4.26. The summed E-state index contributed by atoms with van der Waals surface area (Å²) >= 11 is 5.99. The number of hydrogen-bond donors (Lipinski definition) is 5. The number of aliphatic hydroxyl groups is 5. The van der Waals surface area contributed by atoms with Gasteiger partial charge in [0.15, 0.2) is 0 Å². The van der Waals surface area contributed by atoms with Crippen LogP contribution in [0.3, 0.4) is 0 Å². The third kappa shape index (κ3) is 4.78. The lowest BCUT2D eigenvalue weighted by molar-refractivity contribution is -0.250. The van der Waals surface area contributed by atoms with Crippen LogP contribution < -0.4 is 0 Å². The number of rotatable bonds is 5. The van der Waals surface area contributed by atoms with Gasteiger partial charge in [0.1, 0.15) is 41.8 Å². The number of aliphatic hydroxyl groups excluding tert-OH is 5. The Morgan fingerprint density at radius 2 is 1.61 bits per heavy atom. The lowest BCUT2D eigenvalue weighted by atomic mass is 9.88. The molecule has 0 saturated carbocycles. The Labute approximate surface area is 195 Å². The molecule has 174 valence electrons. The van der Waals surface area contributed by atoms with Crippen LogP contribution in [0.25, 0.3) is 22.4 Å². The quantitative estimate of drug-likeness (QED) is 0.354. The van der Waals surface area contributed by atoms with Crippen LogP contribution in [0.15, 0.2) is 54.9 Å². The van der Waals surface area contributed by atoms with Crippen LogP contribution in [0.5, 0.6) is 0 Å². The van der Waals surface area contributed by atoms with Crippen LogP contribution in [0.1, 0.15) is 17.2 Å². The fourth-order valence-electron chi connectivity index (χ4n) is 4.09. The van der Waals surface area contributed by atoms with E-state index in [1.165, 1.54) is 0 Å². The second-order valence-electron chi connectivity index (χ2n) is 8.11. The zero-order valence-electron chi connectivity index (χ0n) is 17.8. The molecule has 4 rings (SSSR count). The molecule has 3 aromatic rings. The van der Waals surface area contributed by atoms with E-state index in [-0.39, 0.29) is 0 Å². The topological polar surface area (TPSA) is 136 Å². The summed E-state index contributed by atoms with van der Waals surface area (Å²) in [4.78, 5) is 8.40. The van der Waals surface area contributed by atoms with Gasteiger partial charge in [-0.1, -0.05) is 29.8 Å². The van der Waals surface area contributed by atoms with Gasteiger partial charge in [-0.25, -0.2) is 4.98 Å². The van der Waals surface area contributed by atoms with Gasteiger partial charge in [-0.05, 0) is 53.4 Å². The van der Waals surface area contributed by atoms with Gasteiger partial charge in [0.05, 0.1) is 12.3 Å². The number of benzene rings is 1. The molecule has 3 unspecified atom stereocenters. The molecular weight excluding hydrogens is 448 g/mol. The van der Waals surface area contributed by atoms with E-state index < -0.39 is 43.2 Å². The summed E-state index contributed by atoms with van der Waals surface area (Å²) in [5.41, 5.74) is 4.61. The minimum Gasteiger partial charge on any atom is -0.394 e. The van der Waals surface area contributed by atoms with Crippen molar-refractivity contribution < 1.29 is 30.3 Å². The Hall–Kier alpha value is -2.43. The first-order valence-corrected chi connectivity index (χ1v) is 10.9. The number of nitrogens with zero attached hydrogens (tertiary/aromatic N) is 2. The Balaban J connectivity index is 1.61. The normalized spacial score (nSPS) is 26.2. The maximum absolute atomic E-state index is 10.9.